The van der Waals surface area contributed by atoms with E-state index < -0.39 is 0 Å². The number of piperidine rings is 1. The van der Waals surface area contributed by atoms with E-state index in [0.717, 1.165) is 39.0 Å². The van der Waals surface area contributed by atoms with Crippen molar-refractivity contribution in [2.24, 2.45) is 5.41 Å². The summed E-state index contributed by atoms with van der Waals surface area (Å²) >= 11 is 1.41. The summed E-state index contributed by atoms with van der Waals surface area (Å²) in [6.45, 7) is 3.86. The Balaban J connectivity index is 0.00000210. The third-order valence-electron chi connectivity index (χ3n) is 5.58. The zero-order chi connectivity index (χ0) is 18.0. The molecule has 1 spiro atoms. The molecular formula is C20H24ClN3O2S. The number of hydrogen-bond acceptors (Lipinski definition) is 4. The molecule has 0 unspecified atom stereocenters. The van der Waals surface area contributed by atoms with Gasteiger partial charge in [0.2, 0.25) is 0 Å². The molecule has 2 N–H and O–H groups in total. The smallest absolute Gasteiger partial charge is 0.265 e. The van der Waals surface area contributed by atoms with Gasteiger partial charge in [-0.2, -0.15) is 0 Å². The molecule has 7 heteroatoms. The molecule has 0 aliphatic carbocycles. The van der Waals surface area contributed by atoms with Gasteiger partial charge in [0, 0.05) is 30.9 Å². The summed E-state index contributed by atoms with van der Waals surface area (Å²) in [6.07, 6.45) is 3.40. The zero-order valence-corrected chi connectivity index (χ0v) is 16.7. The van der Waals surface area contributed by atoms with Gasteiger partial charge in [0.05, 0.1) is 4.88 Å². The van der Waals surface area contributed by atoms with E-state index in [1.165, 1.54) is 17.8 Å². The normalized spacial score (nSPS) is 18.1. The molecule has 3 heterocycles. The number of rotatable bonds is 3. The summed E-state index contributed by atoms with van der Waals surface area (Å²) in [5.41, 5.74) is 1.79. The fourth-order valence-electron chi connectivity index (χ4n) is 3.89. The fourth-order valence-corrected chi connectivity index (χ4v) is 4.50. The highest BCUT2D eigenvalue weighted by Gasteiger charge is 2.38. The van der Waals surface area contributed by atoms with Crippen LogP contribution in [-0.4, -0.2) is 42.9 Å². The number of amides is 2. The predicted molar refractivity (Wildman–Crippen MR) is 111 cm³/mol. The lowest BCUT2D eigenvalue weighted by Crippen LogP contribution is -2.44. The van der Waals surface area contributed by atoms with Crippen molar-refractivity contribution in [3.05, 3.63) is 52.2 Å². The van der Waals surface area contributed by atoms with Crippen molar-refractivity contribution in [2.45, 2.75) is 19.3 Å². The Morgan fingerprint density at radius 3 is 2.41 bits per heavy atom. The minimum Gasteiger partial charge on any atom is -0.339 e. The lowest BCUT2D eigenvalue weighted by molar-refractivity contribution is 0.0607. The lowest BCUT2D eigenvalue weighted by Gasteiger charge is -2.38. The van der Waals surface area contributed by atoms with Gasteiger partial charge in [-0.15, -0.1) is 23.7 Å². The molecule has 0 atom stereocenters. The molecule has 1 aromatic heterocycles. The molecule has 2 aliphatic rings. The van der Waals surface area contributed by atoms with Gasteiger partial charge in [-0.3, -0.25) is 9.59 Å². The standard InChI is InChI=1S/C20H23N3O2S.ClH/c24-18(17-2-1-13-26-17)22-16-5-3-15(4-6-16)19(25)23-11-8-20(9-12-23)7-10-21-14-20;/h1-6,13,21H,7-12,14H2,(H,22,24);1H. The first-order valence-corrected chi connectivity index (χ1v) is 9.98. The number of hydrogen-bond donors (Lipinski definition) is 2. The van der Waals surface area contributed by atoms with E-state index in [-0.39, 0.29) is 24.2 Å². The van der Waals surface area contributed by atoms with E-state index in [1.807, 2.05) is 16.3 Å². The Morgan fingerprint density at radius 1 is 1.07 bits per heavy atom. The summed E-state index contributed by atoms with van der Waals surface area (Å²) < 4.78 is 0. The molecule has 2 aromatic rings. The van der Waals surface area contributed by atoms with Gasteiger partial charge in [0.15, 0.2) is 0 Å². The predicted octanol–water partition coefficient (Wildman–Crippen LogP) is 3.64. The number of nitrogens with zero attached hydrogens (tertiary/aromatic N) is 1. The van der Waals surface area contributed by atoms with Crippen LogP contribution in [0.1, 0.15) is 39.3 Å². The Kier molecular flexibility index (Phi) is 6.19. The quantitative estimate of drug-likeness (QED) is 0.819. The number of anilines is 1. The maximum atomic E-state index is 12.7. The van der Waals surface area contributed by atoms with Gasteiger partial charge in [-0.05, 0) is 66.9 Å². The van der Waals surface area contributed by atoms with Crippen molar-refractivity contribution >= 4 is 41.2 Å². The van der Waals surface area contributed by atoms with Gasteiger partial charge in [-0.25, -0.2) is 0 Å². The topological polar surface area (TPSA) is 61.4 Å². The minimum absolute atomic E-state index is 0. The minimum atomic E-state index is -0.120. The largest absolute Gasteiger partial charge is 0.339 e. The van der Waals surface area contributed by atoms with Crippen molar-refractivity contribution in [2.75, 3.05) is 31.5 Å². The van der Waals surface area contributed by atoms with E-state index in [2.05, 4.69) is 10.6 Å². The first kappa shape index (κ1) is 19.9. The van der Waals surface area contributed by atoms with Crippen LogP contribution in [0.25, 0.3) is 0 Å². The van der Waals surface area contributed by atoms with Crippen molar-refractivity contribution in [3.63, 3.8) is 0 Å². The maximum Gasteiger partial charge on any atom is 0.265 e. The van der Waals surface area contributed by atoms with Crippen LogP contribution < -0.4 is 10.6 Å². The highest BCUT2D eigenvalue weighted by molar-refractivity contribution is 7.12. The van der Waals surface area contributed by atoms with Gasteiger partial charge < -0.3 is 15.5 Å². The van der Waals surface area contributed by atoms with Gasteiger partial charge in [0.1, 0.15) is 0 Å². The van der Waals surface area contributed by atoms with Crippen molar-refractivity contribution in [1.82, 2.24) is 10.2 Å². The van der Waals surface area contributed by atoms with Crippen LogP contribution >= 0.6 is 23.7 Å². The number of carbonyl (C=O) groups excluding carboxylic acids is 2. The molecule has 5 nitrogen and oxygen atoms in total. The van der Waals surface area contributed by atoms with Gasteiger partial charge in [0.25, 0.3) is 11.8 Å². The van der Waals surface area contributed by atoms with Gasteiger partial charge in [-0.1, -0.05) is 6.07 Å². The van der Waals surface area contributed by atoms with E-state index in [1.54, 1.807) is 30.3 Å². The van der Waals surface area contributed by atoms with Crippen LogP contribution in [0.3, 0.4) is 0 Å². The highest BCUT2D eigenvalue weighted by Crippen LogP contribution is 2.37. The van der Waals surface area contributed by atoms with E-state index in [9.17, 15) is 9.59 Å². The number of likely N-dealkylation sites (tertiary alicyclic amines) is 1. The number of nitrogens with one attached hydrogen (secondary N) is 2. The Hall–Kier alpha value is -1.89. The third-order valence-corrected chi connectivity index (χ3v) is 6.45. The van der Waals surface area contributed by atoms with E-state index in [4.69, 9.17) is 0 Å². The fraction of sp³-hybridized carbons (Fsp3) is 0.400. The number of benzene rings is 1. The molecule has 27 heavy (non-hydrogen) atoms. The van der Waals surface area contributed by atoms with Crippen LogP contribution in [0.4, 0.5) is 5.69 Å². The highest BCUT2D eigenvalue weighted by atomic mass is 35.5. The summed E-state index contributed by atoms with van der Waals surface area (Å²) in [6, 6.07) is 10.8. The molecule has 1 aromatic carbocycles. The van der Waals surface area contributed by atoms with Crippen molar-refractivity contribution in [3.8, 4) is 0 Å². The average Bonchev–Trinajstić information content (AvgIpc) is 3.35. The van der Waals surface area contributed by atoms with Crippen LogP contribution in [0.15, 0.2) is 41.8 Å². The Bertz CT molecular complexity index is 776. The first-order valence-electron chi connectivity index (χ1n) is 9.10. The number of thiophene rings is 1. The van der Waals surface area contributed by atoms with Crippen LogP contribution in [-0.2, 0) is 0 Å². The number of carbonyl (C=O) groups is 2. The molecule has 4 rings (SSSR count). The number of halogens is 1. The second kappa shape index (κ2) is 8.42. The summed E-state index contributed by atoms with van der Waals surface area (Å²) in [4.78, 5) is 27.5. The van der Waals surface area contributed by atoms with E-state index in [0.29, 0.717) is 21.5 Å². The SMILES string of the molecule is Cl.O=C(Nc1ccc(C(=O)N2CCC3(CCNC3)CC2)cc1)c1cccs1. The molecule has 2 amide bonds. The van der Waals surface area contributed by atoms with Crippen LogP contribution in [0, 0.1) is 5.41 Å². The third kappa shape index (κ3) is 4.34. The molecule has 2 fully saturated rings. The molecule has 0 bridgehead atoms. The summed E-state index contributed by atoms with van der Waals surface area (Å²) in [5.74, 6) is -0.0347. The maximum absolute atomic E-state index is 12.7. The van der Waals surface area contributed by atoms with Crippen molar-refractivity contribution in [1.29, 1.82) is 0 Å². The molecule has 2 aliphatic heterocycles. The monoisotopic (exact) mass is 405 g/mol. The zero-order valence-electron chi connectivity index (χ0n) is 15.1. The summed E-state index contributed by atoms with van der Waals surface area (Å²) in [5, 5.41) is 8.19. The molecule has 2 saturated heterocycles. The lowest BCUT2D eigenvalue weighted by atomic mass is 9.78. The average molecular weight is 406 g/mol. The Morgan fingerprint density at radius 2 is 1.81 bits per heavy atom. The second-order valence-electron chi connectivity index (χ2n) is 7.23. The van der Waals surface area contributed by atoms with Crippen LogP contribution in [0.2, 0.25) is 0 Å². The molecule has 0 radical (unpaired) electrons. The first-order chi connectivity index (χ1) is 12.7. The van der Waals surface area contributed by atoms with E-state index >= 15 is 0 Å². The molecule has 0 saturated carbocycles. The molecular weight excluding hydrogens is 382 g/mol. The molecule has 144 valence electrons. The summed E-state index contributed by atoms with van der Waals surface area (Å²) in [7, 11) is 0. The Labute approximate surface area is 169 Å². The van der Waals surface area contributed by atoms with Crippen molar-refractivity contribution < 1.29 is 9.59 Å². The van der Waals surface area contributed by atoms with Gasteiger partial charge >= 0.3 is 0 Å². The van der Waals surface area contributed by atoms with Crippen LogP contribution in [0.5, 0.6) is 0 Å². The second-order valence-corrected chi connectivity index (χ2v) is 8.18.